The van der Waals surface area contributed by atoms with Crippen LogP contribution in [0, 0.1) is 11.8 Å². The highest BCUT2D eigenvalue weighted by Gasteiger charge is 2.51. The van der Waals surface area contributed by atoms with Gasteiger partial charge in [-0.05, 0) is 64.7 Å². The number of hydrogen-bond donors (Lipinski definition) is 1. The van der Waals surface area contributed by atoms with Crippen molar-refractivity contribution >= 4 is 0 Å². The standard InChI is InChI=1S/C15H29N3/c1-4-17-7-5-13(6-8-17)18-11-12-9-16-10-14(12)15(18,2)3/h12-14,16H,4-11H2,1-3H3. The van der Waals surface area contributed by atoms with Gasteiger partial charge in [0.15, 0.2) is 0 Å². The molecule has 0 bridgehead atoms. The number of nitrogens with one attached hydrogen (secondary N) is 1. The van der Waals surface area contributed by atoms with E-state index in [0.29, 0.717) is 5.54 Å². The first kappa shape index (κ1) is 12.9. The number of piperidine rings is 1. The Morgan fingerprint density at radius 1 is 1.17 bits per heavy atom. The van der Waals surface area contributed by atoms with Crippen LogP contribution in [0.5, 0.6) is 0 Å². The van der Waals surface area contributed by atoms with Crippen LogP contribution in [0.15, 0.2) is 0 Å². The van der Waals surface area contributed by atoms with E-state index in [9.17, 15) is 0 Å². The third-order valence-electron chi connectivity index (χ3n) is 5.86. The molecule has 104 valence electrons. The van der Waals surface area contributed by atoms with Crippen molar-refractivity contribution in [3.8, 4) is 0 Å². The SMILES string of the molecule is CCN1CCC(N2CC3CNCC3C2(C)C)CC1. The molecule has 3 heterocycles. The predicted octanol–water partition coefficient (Wildman–Crippen LogP) is 1.40. The van der Waals surface area contributed by atoms with E-state index in [2.05, 4.69) is 35.9 Å². The zero-order valence-corrected chi connectivity index (χ0v) is 12.3. The molecule has 3 heteroatoms. The normalized spacial score (nSPS) is 38.2. The molecule has 2 unspecified atom stereocenters. The van der Waals surface area contributed by atoms with E-state index < -0.39 is 0 Å². The lowest BCUT2D eigenvalue weighted by Gasteiger charge is -2.44. The Kier molecular flexibility index (Phi) is 3.41. The van der Waals surface area contributed by atoms with Gasteiger partial charge in [0.25, 0.3) is 0 Å². The minimum Gasteiger partial charge on any atom is -0.316 e. The van der Waals surface area contributed by atoms with Crippen LogP contribution >= 0.6 is 0 Å². The van der Waals surface area contributed by atoms with E-state index in [-0.39, 0.29) is 0 Å². The lowest BCUT2D eigenvalue weighted by atomic mass is 9.84. The molecule has 18 heavy (non-hydrogen) atoms. The van der Waals surface area contributed by atoms with Gasteiger partial charge < -0.3 is 10.2 Å². The molecule has 3 fully saturated rings. The van der Waals surface area contributed by atoms with E-state index >= 15 is 0 Å². The minimum absolute atomic E-state index is 0.410. The molecular formula is C15H29N3. The highest BCUT2D eigenvalue weighted by atomic mass is 15.3. The van der Waals surface area contributed by atoms with Gasteiger partial charge in [-0.3, -0.25) is 4.90 Å². The lowest BCUT2D eigenvalue weighted by Crippen LogP contribution is -2.53. The fourth-order valence-electron chi connectivity index (χ4n) is 4.62. The fraction of sp³-hybridized carbons (Fsp3) is 1.00. The predicted molar refractivity (Wildman–Crippen MR) is 75.8 cm³/mol. The van der Waals surface area contributed by atoms with Crippen molar-refractivity contribution in [3.63, 3.8) is 0 Å². The van der Waals surface area contributed by atoms with Crippen LogP contribution in [0.4, 0.5) is 0 Å². The Morgan fingerprint density at radius 2 is 1.89 bits per heavy atom. The highest BCUT2D eigenvalue weighted by molar-refractivity contribution is 5.06. The number of nitrogens with zero attached hydrogens (tertiary/aromatic N) is 2. The summed E-state index contributed by atoms with van der Waals surface area (Å²) in [4.78, 5) is 5.46. The number of rotatable bonds is 2. The quantitative estimate of drug-likeness (QED) is 0.800. The summed E-state index contributed by atoms with van der Waals surface area (Å²) in [6.45, 7) is 14.9. The Hall–Kier alpha value is -0.120. The van der Waals surface area contributed by atoms with Gasteiger partial charge in [0.05, 0.1) is 0 Å². The molecule has 0 amide bonds. The summed E-state index contributed by atoms with van der Waals surface area (Å²) < 4.78 is 0. The molecule has 1 N–H and O–H groups in total. The Bertz CT molecular complexity index is 294. The summed E-state index contributed by atoms with van der Waals surface area (Å²) in [5, 5.41) is 3.58. The minimum atomic E-state index is 0.410. The Labute approximate surface area is 112 Å². The molecule has 2 atom stereocenters. The van der Waals surface area contributed by atoms with Crippen molar-refractivity contribution < 1.29 is 0 Å². The molecule has 0 saturated carbocycles. The molecule has 0 aromatic heterocycles. The van der Waals surface area contributed by atoms with Crippen LogP contribution in [-0.2, 0) is 0 Å². The second kappa shape index (κ2) is 4.77. The smallest absolute Gasteiger partial charge is 0.0200 e. The van der Waals surface area contributed by atoms with Gasteiger partial charge in [0.1, 0.15) is 0 Å². The molecule has 3 rings (SSSR count). The Morgan fingerprint density at radius 3 is 2.50 bits per heavy atom. The molecule has 0 aromatic carbocycles. The maximum Gasteiger partial charge on any atom is 0.0200 e. The van der Waals surface area contributed by atoms with Crippen molar-refractivity contribution in [3.05, 3.63) is 0 Å². The zero-order valence-electron chi connectivity index (χ0n) is 12.3. The van der Waals surface area contributed by atoms with Gasteiger partial charge in [-0.2, -0.15) is 0 Å². The summed E-state index contributed by atoms with van der Waals surface area (Å²) in [5.41, 5.74) is 0.410. The average Bonchev–Trinajstić information content (AvgIpc) is 2.92. The van der Waals surface area contributed by atoms with Gasteiger partial charge >= 0.3 is 0 Å². The summed E-state index contributed by atoms with van der Waals surface area (Å²) in [6, 6.07) is 0.841. The van der Waals surface area contributed by atoms with E-state index in [4.69, 9.17) is 0 Å². The van der Waals surface area contributed by atoms with Crippen molar-refractivity contribution in [1.82, 2.24) is 15.1 Å². The maximum atomic E-state index is 3.58. The molecule has 0 aromatic rings. The molecular weight excluding hydrogens is 222 g/mol. The first-order valence-electron chi connectivity index (χ1n) is 7.82. The van der Waals surface area contributed by atoms with E-state index in [1.807, 2.05) is 0 Å². The number of hydrogen-bond acceptors (Lipinski definition) is 3. The van der Waals surface area contributed by atoms with Crippen molar-refractivity contribution in [2.24, 2.45) is 11.8 Å². The first-order valence-corrected chi connectivity index (χ1v) is 7.82. The topological polar surface area (TPSA) is 18.5 Å². The van der Waals surface area contributed by atoms with Crippen molar-refractivity contribution in [2.75, 3.05) is 39.3 Å². The zero-order chi connectivity index (χ0) is 12.8. The second-order valence-electron chi connectivity index (χ2n) is 7.00. The van der Waals surface area contributed by atoms with E-state index in [1.165, 1.54) is 52.1 Å². The van der Waals surface area contributed by atoms with Crippen LogP contribution < -0.4 is 5.32 Å². The fourth-order valence-corrected chi connectivity index (χ4v) is 4.62. The maximum absolute atomic E-state index is 3.58. The summed E-state index contributed by atoms with van der Waals surface area (Å²) in [5.74, 6) is 1.78. The van der Waals surface area contributed by atoms with Crippen molar-refractivity contribution in [1.29, 1.82) is 0 Å². The summed E-state index contributed by atoms with van der Waals surface area (Å²) in [7, 11) is 0. The molecule has 3 aliphatic heterocycles. The monoisotopic (exact) mass is 251 g/mol. The highest BCUT2D eigenvalue weighted by Crippen LogP contribution is 2.43. The third-order valence-corrected chi connectivity index (χ3v) is 5.86. The summed E-state index contributed by atoms with van der Waals surface area (Å²) >= 11 is 0. The van der Waals surface area contributed by atoms with Crippen LogP contribution in [0.3, 0.4) is 0 Å². The molecule has 3 nitrogen and oxygen atoms in total. The van der Waals surface area contributed by atoms with Crippen LogP contribution in [-0.4, -0.2) is 60.6 Å². The van der Waals surface area contributed by atoms with Gasteiger partial charge in [0, 0.05) is 24.7 Å². The number of likely N-dealkylation sites (tertiary alicyclic amines) is 2. The first-order chi connectivity index (χ1) is 8.63. The Balaban J connectivity index is 1.66. The molecule has 3 aliphatic rings. The van der Waals surface area contributed by atoms with Gasteiger partial charge in [-0.25, -0.2) is 0 Å². The summed E-state index contributed by atoms with van der Waals surface area (Å²) in [6.07, 6.45) is 2.76. The van der Waals surface area contributed by atoms with Gasteiger partial charge in [-0.1, -0.05) is 6.92 Å². The second-order valence-corrected chi connectivity index (χ2v) is 7.00. The van der Waals surface area contributed by atoms with Gasteiger partial charge in [0.2, 0.25) is 0 Å². The number of fused-ring (bicyclic) bond motifs is 1. The van der Waals surface area contributed by atoms with E-state index in [0.717, 1.165) is 17.9 Å². The average molecular weight is 251 g/mol. The largest absolute Gasteiger partial charge is 0.316 e. The third kappa shape index (κ3) is 2.00. The molecule has 0 radical (unpaired) electrons. The van der Waals surface area contributed by atoms with Crippen LogP contribution in [0.2, 0.25) is 0 Å². The van der Waals surface area contributed by atoms with E-state index in [1.54, 1.807) is 0 Å². The molecule has 0 aliphatic carbocycles. The van der Waals surface area contributed by atoms with Gasteiger partial charge in [-0.15, -0.1) is 0 Å². The van der Waals surface area contributed by atoms with Crippen LogP contribution in [0.1, 0.15) is 33.6 Å². The lowest BCUT2D eigenvalue weighted by molar-refractivity contribution is 0.0481. The van der Waals surface area contributed by atoms with Crippen molar-refractivity contribution in [2.45, 2.75) is 45.2 Å². The molecule has 0 spiro atoms. The molecule has 3 saturated heterocycles. The van der Waals surface area contributed by atoms with Crippen LogP contribution in [0.25, 0.3) is 0 Å².